The van der Waals surface area contributed by atoms with Crippen LogP contribution in [0.15, 0.2) is 45.3 Å². The first-order valence-electron chi connectivity index (χ1n) is 6.89. The largest absolute Gasteiger partial charge is 0.496 e. The first kappa shape index (κ1) is 16.5. The van der Waals surface area contributed by atoms with E-state index in [-0.39, 0.29) is 6.04 Å². The van der Waals surface area contributed by atoms with E-state index in [2.05, 4.69) is 81.4 Å². The molecule has 0 aliphatic rings. The van der Waals surface area contributed by atoms with E-state index in [4.69, 9.17) is 4.74 Å². The number of nitrogens with one attached hydrogen (secondary N) is 1. The highest BCUT2D eigenvalue weighted by molar-refractivity contribution is 9.10. The lowest BCUT2D eigenvalue weighted by atomic mass is 9.95. The van der Waals surface area contributed by atoms with Crippen LogP contribution in [0.25, 0.3) is 0 Å². The van der Waals surface area contributed by atoms with Crippen LogP contribution >= 0.6 is 31.9 Å². The molecule has 4 heteroatoms. The van der Waals surface area contributed by atoms with Crippen molar-refractivity contribution in [1.82, 2.24) is 5.32 Å². The van der Waals surface area contributed by atoms with Crippen LogP contribution in [0.5, 0.6) is 5.75 Å². The smallest absolute Gasteiger partial charge is 0.133 e. The van der Waals surface area contributed by atoms with Gasteiger partial charge in [-0.05, 0) is 70.4 Å². The first-order chi connectivity index (χ1) is 10.1. The molecule has 0 saturated carbocycles. The molecule has 2 aromatic rings. The zero-order valence-corrected chi connectivity index (χ0v) is 15.6. The van der Waals surface area contributed by atoms with Gasteiger partial charge in [0.1, 0.15) is 5.75 Å². The molecule has 0 aliphatic carbocycles. The molecular formula is C17H19Br2NO. The van der Waals surface area contributed by atoms with Crippen molar-refractivity contribution < 1.29 is 4.74 Å². The number of rotatable bonds is 5. The van der Waals surface area contributed by atoms with Gasteiger partial charge in [-0.1, -0.05) is 35.0 Å². The molecule has 0 saturated heterocycles. The molecule has 0 radical (unpaired) electrons. The van der Waals surface area contributed by atoms with Gasteiger partial charge in [-0.3, -0.25) is 0 Å². The normalized spacial score (nSPS) is 12.2. The summed E-state index contributed by atoms with van der Waals surface area (Å²) in [5, 5.41) is 3.57. The summed E-state index contributed by atoms with van der Waals surface area (Å²) in [6, 6.07) is 12.8. The summed E-state index contributed by atoms with van der Waals surface area (Å²) in [5.74, 6) is 0.847. The van der Waals surface area contributed by atoms with E-state index in [1.165, 1.54) is 16.7 Å². The fraction of sp³-hybridized carbons (Fsp3) is 0.294. The molecule has 2 nitrogen and oxygen atoms in total. The van der Waals surface area contributed by atoms with Crippen molar-refractivity contribution in [3.63, 3.8) is 0 Å². The first-order valence-corrected chi connectivity index (χ1v) is 8.48. The molecule has 0 spiro atoms. The van der Waals surface area contributed by atoms with Crippen molar-refractivity contribution >= 4 is 31.9 Å². The predicted octanol–water partition coefficient (Wildman–Crippen LogP) is 5.23. The van der Waals surface area contributed by atoms with Gasteiger partial charge in [-0.15, -0.1) is 0 Å². The van der Waals surface area contributed by atoms with Crippen LogP contribution < -0.4 is 10.1 Å². The van der Waals surface area contributed by atoms with Gasteiger partial charge in [0.05, 0.1) is 17.6 Å². The lowest BCUT2D eigenvalue weighted by molar-refractivity contribution is 0.412. The van der Waals surface area contributed by atoms with Crippen LogP contribution in [0, 0.1) is 6.92 Å². The maximum Gasteiger partial charge on any atom is 0.133 e. The minimum atomic E-state index is 0.162. The molecule has 1 N–H and O–H groups in total. The molecule has 21 heavy (non-hydrogen) atoms. The monoisotopic (exact) mass is 411 g/mol. The third-order valence-corrected chi connectivity index (χ3v) is 4.58. The fourth-order valence-electron chi connectivity index (χ4n) is 2.40. The second kappa shape index (κ2) is 7.43. The molecule has 0 aromatic heterocycles. The van der Waals surface area contributed by atoms with Crippen molar-refractivity contribution in [2.45, 2.75) is 19.9 Å². The van der Waals surface area contributed by atoms with Crippen LogP contribution in [0.4, 0.5) is 0 Å². The van der Waals surface area contributed by atoms with E-state index < -0.39 is 0 Å². The van der Waals surface area contributed by atoms with Crippen molar-refractivity contribution in [2.75, 3.05) is 13.7 Å². The summed E-state index contributed by atoms with van der Waals surface area (Å²) in [6.07, 6.45) is 0. The van der Waals surface area contributed by atoms with Crippen LogP contribution in [-0.4, -0.2) is 13.7 Å². The third kappa shape index (κ3) is 3.87. The number of hydrogen-bond acceptors (Lipinski definition) is 2. The molecule has 1 unspecified atom stereocenters. The van der Waals surface area contributed by atoms with E-state index in [1.54, 1.807) is 7.11 Å². The van der Waals surface area contributed by atoms with Gasteiger partial charge in [-0.2, -0.15) is 0 Å². The number of ether oxygens (including phenoxy) is 1. The van der Waals surface area contributed by atoms with Gasteiger partial charge >= 0.3 is 0 Å². The lowest BCUT2D eigenvalue weighted by Gasteiger charge is -2.22. The highest BCUT2D eigenvalue weighted by atomic mass is 79.9. The third-order valence-electron chi connectivity index (χ3n) is 3.47. The van der Waals surface area contributed by atoms with Gasteiger partial charge in [-0.25, -0.2) is 0 Å². The zero-order valence-electron chi connectivity index (χ0n) is 12.4. The fourth-order valence-corrected chi connectivity index (χ4v) is 3.33. The Morgan fingerprint density at radius 2 is 1.90 bits per heavy atom. The second-order valence-corrected chi connectivity index (χ2v) is 6.66. The summed E-state index contributed by atoms with van der Waals surface area (Å²) < 4.78 is 7.38. The molecule has 112 valence electrons. The summed E-state index contributed by atoms with van der Waals surface area (Å²) in [7, 11) is 1.68. The molecular weight excluding hydrogens is 394 g/mol. The van der Waals surface area contributed by atoms with Crippen molar-refractivity contribution in [3.05, 3.63) is 62.0 Å². The summed E-state index contributed by atoms with van der Waals surface area (Å²) in [4.78, 5) is 0. The van der Waals surface area contributed by atoms with Crippen molar-refractivity contribution in [3.8, 4) is 5.75 Å². The van der Waals surface area contributed by atoms with E-state index >= 15 is 0 Å². The maximum absolute atomic E-state index is 5.31. The number of hydrogen-bond donors (Lipinski definition) is 1. The minimum absolute atomic E-state index is 0.162. The number of methoxy groups -OCH3 is 1. The van der Waals surface area contributed by atoms with E-state index in [9.17, 15) is 0 Å². The van der Waals surface area contributed by atoms with Crippen LogP contribution in [0.2, 0.25) is 0 Å². The molecule has 0 heterocycles. The molecule has 0 amide bonds. The Kier molecular flexibility index (Phi) is 5.85. The molecule has 0 fully saturated rings. The quantitative estimate of drug-likeness (QED) is 0.725. The second-order valence-electron chi connectivity index (χ2n) is 4.89. The Hall–Kier alpha value is -0.840. The van der Waals surface area contributed by atoms with Gasteiger partial charge in [0.15, 0.2) is 0 Å². The lowest BCUT2D eigenvalue weighted by Crippen LogP contribution is -2.22. The SMILES string of the molecule is CCNC(c1ccc(OC)c(Br)c1)c1cc(Br)ccc1C. The highest BCUT2D eigenvalue weighted by Crippen LogP contribution is 2.32. The Morgan fingerprint density at radius 3 is 2.52 bits per heavy atom. The summed E-state index contributed by atoms with van der Waals surface area (Å²) in [6.45, 7) is 5.17. The Morgan fingerprint density at radius 1 is 1.14 bits per heavy atom. The summed E-state index contributed by atoms with van der Waals surface area (Å²) in [5.41, 5.74) is 3.77. The van der Waals surface area contributed by atoms with Gasteiger partial charge in [0.2, 0.25) is 0 Å². The zero-order chi connectivity index (χ0) is 15.4. The van der Waals surface area contributed by atoms with E-state index in [0.717, 1.165) is 21.2 Å². The maximum atomic E-state index is 5.31. The molecule has 1 atom stereocenters. The highest BCUT2D eigenvalue weighted by Gasteiger charge is 2.17. The average molecular weight is 413 g/mol. The Balaban J connectivity index is 2.48. The number of halogens is 2. The van der Waals surface area contributed by atoms with E-state index in [0.29, 0.717) is 0 Å². The number of benzene rings is 2. The van der Waals surface area contributed by atoms with Crippen LogP contribution in [0.3, 0.4) is 0 Å². The standard InChI is InChI=1S/C17H19Br2NO/c1-4-20-17(14-10-13(18)7-5-11(14)2)12-6-8-16(21-3)15(19)9-12/h5-10,17,20H,4H2,1-3H3. The van der Waals surface area contributed by atoms with Gasteiger partial charge in [0.25, 0.3) is 0 Å². The molecule has 2 aromatic carbocycles. The molecule has 0 aliphatic heterocycles. The molecule has 2 rings (SSSR count). The summed E-state index contributed by atoms with van der Waals surface area (Å²) >= 11 is 7.14. The number of aryl methyl sites for hydroxylation is 1. The predicted molar refractivity (Wildman–Crippen MR) is 95.1 cm³/mol. The van der Waals surface area contributed by atoms with E-state index in [1.807, 2.05) is 6.07 Å². The van der Waals surface area contributed by atoms with Crippen LogP contribution in [-0.2, 0) is 0 Å². The average Bonchev–Trinajstić information content (AvgIpc) is 2.47. The molecule has 0 bridgehead atoms. The Bertz CT molecular complexity index is 628. The Labute approximate surface area is 143 Å². The van der Waals surface area contributed by atoms with Crippen LogP contribution in [0.1, 0.15) is 29.7 Å². The minimum Gasteiger partial charge on any atom is -0.496 e. The topological polar surface area (TPSA) is 21.3 Å². The van der Waals surface area contributed by atoms with Gasteiger partial charge in [0, 0.05) is 4.47 Å². The van der Waals surface area contributed by atoms with Crippen molar-refractivity contribution in [2.24, 2.45) is 0 Å². The van der Waals surface area contributed by atoms with Gasteiger partial charge < -0.3 is 10.1 Å². The van der Waals surface area contributed by atoms with Crippen molar-refractivity contribution in [1.29, 1.82) is 0 Å².